The van der Waals surface area contributed by atoms with Crippen molar-refractivity contribution in [3.8, 4) is 0 Å². The number of aryl methyl sites for hydroxylation is 1. The predicted molar refractivity (Wildman–Crippen MR) is 107 cm³/mol. The van der Waals surface area contributed by atoms with Gasteiger partial charge in [-0.15, -0.1) is 0 Å². The molecule has 0 spiro atoms. The van der Waals surface area contributed by atoms with Gasteiger partial charge < -0.3 is 4.74 Å². The second kappa shape index (κ2) is 9.06. The summed E-state index contributed by atoms with van der Waals surface area (Å²) in [5.74, 6) is -0.496. The van der Waals surface area contributed by atoms with E-state index < -0.39 is 22.0 Å². The van der Waals surface area contributed by atoms with Gasteiger partial charge in [0.25, 0.3) is 0 Å². The highest BCUT2D eigenvalue weighted by molar-refractivity contribution is 7.89. The fraction of sp³-hybridized carbons (Fsp3) is 0.316. The lowest BCUT2D eigenvalue weighted by Gasteiger charge is -2.20. The Hall–Kier alpha value is -1.60. The highest BCUT2D eigenvalue weighted by atomic mass is 35.5. The summed E-state index contributed by atoms with van der Waals surface area (Å²) in [5, 5.41) is 0.425. The molecule has 146 valence electrons. The van der Waals surface area contributed by atoms with E-state index in [9.17, 15) is 13.2 Å². The molecule has 27 heavy (non-hydrogen) atoms. The molecular formula is C19H21Cl2NO4S. The molecule has 2 aromatic carbocycles. The fourth-order valence-electron chi connectivity index (χ4n) is 2.51. The van der Waals surface area contributed by atoms with Crippen LogP contribution in [-0.4, -0.2) is 21.0 Å². The maximum Gasteiger partial charge on any atom is 0.307 e. The Morgan fingerprint density at radius 3 is 2.33 bits per heavy atom. The van der Waals surface area contributed by atoms with Gasteiger partial charge in [-0.2, -0.15) is 0 Å². The smallest absolute Gasteiger partial charge is 0.307 e. The number of nitrogens with one attached hydrogen (secondary N) is 1. The highest BCUT2D eigenvalue weighted by Gasteiger charge is 2.27. The lowest BCUT2D eigenvalue weighted by molar-refractivity contribution is -0.143. The van der Waals surface area contributed by atoms with Gasteiger partial charge >= 0.3 is 5.97 Å². The van der Waals surface area contributed by atoms with E-state index in [1.54, 1.807) is 26.0 Å². The molecule has 0 aliphatic heterocycles. The molecule has 0 bridgehead atoms. The largest absolute Gasteiger partial charge is 0.466 e. The number of benzene rings is 2. The fourth-order valence-corrected chi connectivity index (χ4v) is 4.54. The van der Waals surface area contributed by atoms with Gasteiger partial charge in [-0.1, -0.05) is 53.0 Å². The molecule has 0 aliphatic carbocycles. The zero-order chi connectivity index (χ0) is 20.2. The van der Waals surface area contributed by atoms with Gasteiger partial charge in [0, 0.05) is 5.02 Å². The van der Waals surface area contributed by atoms with Gasteiger partial charge in [0.15, 0.2) is 0 Å². The first-order valence-corrected chi connectivity index (χ1v) is 10.6. The molecule has 2 aromatic rings. The van der Waals surface area contributed by atoms with Crippen LogP contribution >= 0.6 is 23.2 Å². The standard InChI is InChI=1S/C19H21Cl2NO4S/c1-4-26-18(23)11-16(14-7-5-12(2)6-8-14)22-27(24,25)17-10-9-15(20)13(3)19(17)21/h5-10,16,22H,4,11H2,1-3H3/t16-/m1/s1. The van der Waals surface area contributed by atoms with Crippen LogP contribution in [0.25, 0.3) is 0 Å². The number of hydrogen-bond donors (Lipinski definition) is 1. The first kappa shape index (κ1) is 21.7. The molecule has 8 heteroatoms. The number of hydrogen-bond acceptors (Lipinski definition) is 4. The summed E-state index contributed by atoms with van der Waals surface area (Å²) in [7, 11) is -4.00. The van der Waals surface area contributed by atoms with E-state index in [4.69, 9.17) is 27.9 Å². The Labute approximate surface area is 169 Å². The molecule has 0 heterocycles. The first-order valence-electron chi connectivity index (χ1n) is 8.34. The second-order valence-electron chi connectivity index (χ2n) is 6.08. The molecule has 0 unspecified atom stereocenters. The third-order valence-electron chi connectivity index (χ3n) is 4.03. The molecule has 0 aliphatic rings. The topological polar surface area (TPSA) is 72.5 Å². The van der Waals surface area contributed by atoms with Gasteiger partial charge in [-0.05, 0) is 44.0 Å². The molecule has 1 atom stereocenters. The summed E-state index contributed by atoms with van der Waals surface area (Å²) < 4.78 is 33.4. The number of sulfonamides is 1. The highest BCUT2D eigenvalue weighted by Crippen LogP contribution is 2.31. The Morgan fingerprint density at radius 2 is 1.74 bits per heavy atom. The normalized spacial score (nSPS) is 12.6. The molecule has 5 nitrogen and oxygen atoms in total. The third-order valence-corrected chi connectivity index (χ3v) is 6.55. The van der Waals surface area contributed by atoms with Crippen molar-refractivity contribution in [2.75, 3.05) is 6.61 Å². The summed E-state index contributed by atoms with van der Waals surface area (Å²) in [6, 6.07) is 9.27. The van der Waals surface area contributed by atoms with E-state index in [0.29, 0.717) is 16.1 Å². The van der Waals surface area contributed by atoms with E-state index in [2.05, 4.69) is 4.72 Å². The molecule has 0 radical (unpaired) electrons. The number of ether oxygens (including phenoxy) is 1. The first-order chi connectivity index (χ1) is 12.7. The summed E-state index contributed by atoms with van der Waals surface area (Å²) in [6.07, 6.45) is -0.139. The van der Waals surface area contributed by atoms with Crippen LogP contribution in [0, 0.1) is 13.8 Å². The average Bonchev–Trinajstić information content (AvgIpc) is 2.59. The van der Waals surface area contributed by atoms with Crippen molar-refractivity contribution < 1.29 is 17.9 Å². The molecule has 0 amide bonds. The minimum atomic E-state index is -4.00. The lowest BCUT2D eigenvalue weighted by atomic mass is 10.0. The second-order valence-corrected chi connectivity index (χ2v) is 8.55. The molecule has 0 aromatic heterocycles. The Balaban J connectivity index is 2.40. The van der Waals surface area contributed by atoms with E-state index in [1.165, 1.54) is 12.1 Å². The average molecular weight is 430 g/mol. The Bertz CT molecular complexity index is 927. The predicted octanol–water partition coefficient (Wildman–Crippen LogP) is 4.58. The van der Waals surface area contributed by atoms with Crippen LogP contribution in [0.1, 0.15) is 36.1 Å². The molecule has 1 N–H and O–H groups in total. The van der Waals surface area contributed by atoms with Crippen LogP contribution in [0.3, 0.4) is 0 Å². The molecule has 0 fully saturated rings. The van der Waals surface area contributed by atoms with Crippen LogP contribution in [0.5, 0.6) is 0 Å². The van der Waals surface area contributed by atoms with Crippen LogP contribution in [-0.2, 0) is 19.6 Å². The molecule has 0 saturated heterocycles. The lowest BCUT2D eigenvalue weighted by Crippen LogP contribution is -2.31. The number of esters is 1. The van der Waals surface area contributed by atoms with Crippen molar-refractivity contribution in [1.82, 2.24) is 4.72 Å². The maximum atomic E-state index is 12.9. The van der Waals surface area contributed by atoms with Crippen molar-refractivity contribution in [3.05, 3.63) is 63.1 Å². The Kier molecular flexibility index (Phi) is 7.28. The minimum absolute atomic E-state index is 0.0498. The van der Waals surface area contributed by atoms with Crippen LogP contribution < -0.4 is 4.72 Å². The number of halogens is 2. The molecular weight excluding hydrogens is 409 g/mol. The monoisotopic (exact) mass is 429 g/mol. The van der Waals surface area contributed by atoms with Crippen molar-refractivity contribution in [2.24, 2.45) is 0 Å². The van der Waals surface area contributed by atoms with Crippen molar-refractivity contribution in [2.45, 2.75) is 38.1 Å². The number of rotatable bonds is 7. The SMILES string of the molecule is CCOC(=O)C[C@@H](NS(=O)(=O)c1ccc(Cl)c(C)c1Cl)c1ccc(C)cc1. The van der Waals surface area contributed by atoms with Gasteiger partial charge in [0.2, 0.25) is 10.0 Å². The van der Waals surface area contributed by atoms with Gasteiger partial charge in [-0.3, -0.25) is 4.79 Å². The van der Waals surface area contributed by atoms with Crippen LogP contribution in [0.15, 0.2) is 41.3 Å². The Morgan fingerprint density at radius 1 is 1.11 bits per heavy atom. The van der Waals surface area contributed by atoms with E-state index in [0.717, 1.165) is 5.56 Å². The molecule has 0 saturated carbocycles. The van der Waals surface area contributed by atoms with Crippen molar-refractivity contribution >= 4 is 39.2 Å². The number of carbonyl (C=O) groups excluding carboxylic acids is 1. The molecule has 2 rings (SSSR count). The van der Waals surface area contributed by atoms with Gasteiger partial charge in [0.1, 0.15) is 4.90 Å². The summed E-state index contributed by atoms with van der Waals surface area (Å²) in [5.41, 5.74) is 2.14. The quantitative estimate of drug-likeness (QED) is 0.653. The van der Waals surface area contributed by atoms with Crippen LogP contribution in [0.2, 0.25) is 10.0 Å². The van der Waals surface area contributed by atoms with Crippen LogP contribution in [0.4, 0.5) is 0 Å². The van der Waals surface area contributed by atoms with E-state index in [1.807, 2.05) is 19.1 Å². The zero-order valence-electron chi connectivity index (χ0n) is 15.3. The minimum Gasteiger partial charge on any atom is -0.466 e. The van der Waals surface area contributed by atoms with Gasteiger partial charge in [0.05, 0.1) is 24.1 Å². The van der Waals surface area contributed by atoms with Crippen molar-refractivity contribution in [1.29, 1.82) is 0 Å². The number of carbonyl (C=O) groups is 1. The van der Waals surface area contributed by atoms with Crippen molar-refractivity contribution in [3.63, 3.8) is 0 Å². The maximum absolute atomic E-state index is 12.9. The summed E-state index contributed by atoms with van der Waals surface area (Å²) in [6.45, 7) is 5.47. The summed E-state index contributed by atoms with van der Waals surface area (Å²) in [4.78, 5) is 11.9. The third kappa shape index (κ3) is 5.45. The zero-order valence-corrected chi connectivity index (χ0v) is 17.6. The van der Waals surface area contributed by atoms with E-state index >= 15 is 0 Å². The van der Waals surface area contributed by atoms with Gasteiger partial charge in [-0.25, -0.2) is 13.1 Å². The summed E-state index contributed by atoms with van der Waals surface area (Å²) >= 11 is 12.2. The van der Waals surface area contributed by atoms with E-state index in [-0.39, 0.29) is 22.9 Å².